The Labute approximate surface area is 63.1 Å². The maximum Gasteiger partial charge on any atom is 0.331 e. The van der Waals surface area contributed by atoms with E-state index in [0.717, 1.165) is 0 Å². The van der Waals surface area contributed by atoms with Crippen LogP contribution < -0.4 is 0 Å². The molecule has 0 aliphatic heterocycles. The average molecular weight is 310 g/mol. The summed E-state index contributed by atoms with van der Waals surface area (Å²) in [6.45, 7) is -0.504. The van der Waals surface area contributed by atoms with Crippen molar-refractivity contribution in [2.45, 2.75) is 0 Å². The van der Waals surface area contributed by atoms with Crippen LogP contribution in [-0.2, 0) is 30.1 Å². The van der Waals surface area contributed by atoms with Gasteiger partial charge in [-0.3, -0.25) is 4.52 Å². The van der Waals surface area contributed by atoms with Crippen LogP contribution in [0, 0.1) is 0 Å². The molecule has 0 aromatic carbocycles. The van der Waals surface area contributed by atoms with Gasteiger partial charge in [0, 0.05) is 28.2 Å². The van der Waals surface area contributed by atoms with E-state index in [2.05, 4.69) is 9.05 Å². The van der Waals surface area contributed by atoms with E-state index in [4.69, 9.17) is 10.00 Å². The van der Waals surface area contributed by atoms with E-state index >= 15 is 0 Å². The normalized spacial score (nSPS) is 12.4. The quantitative estimate of drug-likeness (QED) is 0.561. The molecule has 0 saturated carbocycles. The van der Waals surface area contributed by atoms with Crippen LogP contribution in [0.3, 0.4) is 0 Å². The van der Waals surface area contributed by atoms with Crippen molar-refractivity contribution in [2.24, 2.45) is 0 Å². The van der Waals surface area contributed by atoms with Gasteiger partial charge in [0.2, 0.25) is 0 Å². The third kappa shape index (κ3) is 6.96. The van der Waals surface area contributed by atoms with E-state index in [-0.39, 0.29) is 21.1 Å². The van der Waals surface area contributed by atoms with Gasteiger partial charge >= 0.3 is 8.60 Å². The van der Waals surface area contributed by atoms with Crippen LogP contribution in [0.5, 0.6) is 0 Å². The van der Waals surface area contributed by atoms with E-state index < -0.39 is 15.4 Å². The first-order valence-corrected chi connectivity index (χ1v) is 2.71. The summed E-state index contributed by atoms with van der Waals surface area (Å²) in [7, 11) is -0.535. The molecule has 0 spiro atoms. The molecular weight excluding hydrogens is 303 g/mol. The summed E-state index contributed by atoms with van der Waals surface area (Å²) in [6, 6.07) is 0. The van der Waals surface area contributed by atoms with Crippen LogP contribution in [0.4, 0.5) is 0 Å². The molecule has 0 radical (unpaired) electrons. The van der Waals surface area contributed by atoms with Gasteiger partial charge in [0.05, 0.1) is 0 Å². The molecule has 1 atom stereocenters. The summed E-state index contributed by atoms with van der Waals surface area (Å²) in [5, 5.41) is 7.92. The zero-order valence-corrected chi connectivity index (χ0v) is 8.10. The second-order valence-electron chi connectivity index (χ2n) is 0.679. The van der Waals surface area contributed by atoms with Gasteiger partial charge in [0.25, 0.3) is 0 Å². The number of aliphatic hydroxyl groups is 1. The first-order valence-electron chi connectivity index (χ1n) is 1.58. The first kappa shape index (κ1) is 11.7. The van der Waals surface area contributed by atoms with Crippen LogP contribution in [0.2, 0.25) is 0 Å². The van der Waals surface area contributed by atoms with Crippen molar-refractivity contribution in [3.8, 4) is 0 Å². The molecule has 0 bridgehead atoms. The number of aliphatic hydroxyl groups excluding tert-OH is 1. The van der Waals surface area contributed by atoms with Crippen LogP contribution in [0.1, 0.15) is 0 Å². The Kier molecular flexibility index (Phi) is 11.7. The molecule has 0 aromatic rings. The molecule has 2 N–H and O–H groups in total. The van der Waals surface area contributed by atoms with Gasteiger partial charge < -0.3 is 14.5 Å². The van der Waals surface area contributed by atoms with E-state index in [1.54, 1.807) is 0 Å². The topological polar surface area (TPSA) is 58.9 Å². The summed E-state index contributed by atoms with van der Waals surface area (Å²) >= 11 is 0. The molecule has 6 heteroatoms. The fourth-order valence-corrected chi connectivity index (χ4v) is 0.306. The van der Waals surface area contributed by atoms with Gasteiger partial charge in [-0.1, -0.05) is 0 Å². The molecule has 0 fully saturated rings. The summed E-state index contributed by atoms with van der Waals surface area (Å²) in [4.78, 5) is 8.32. The second-order valence-corrected chi connectivity index (χ2v) is 1.78. The smallest absolute Gasteiger partial charge is 0.331 e. The minimum absolute atomic E-state index is 0. The summed E-state index contributed by atoms with van der Waals surface area (Å²) in [6.07, 6.45) is 0. The first-order chi connectivity index (χ1) is 3.31. The van der Waals surface area contributed by atoms with Gasteiger partial charge in [-0.25, -0.2) is 0 Å². The van der Waals surface area contributed by atoms with Crippen LogP contribution in [0.15, 0.2) is 0 Å². The Bertz CT molecular complexity index is 45.0. The monoisotopic (exact) mass is 310 g/mol. The number of hydrogen-bond acceptors (Lipinski definition) is 4. The van der Waals surface area contributed by atoms with Gasteiger partial charge in [-0.2, -0.15) is 0 Å². The van der Waals surface area contributed by atoms with E-state index in [1.807, 2.05) is 0 Å². The summed E-state index contributed by atoms with van der Waals surface area (Å²) < 4.78 is 8.37. The van der Waals surface area contributed by atoms with E-state index in [9.17, 15) is 0 Å². The van der Waals surface area contributed by atoms with Crippen molar-refractivity contribution in [2.75, 3.05) is 13.9 Å². The van der Waals surface area contributed by atoms with Crippen molar-refractivity contribution < 1.29 is 40.1 Å². The Morgan fingerprint density at radius 2 is 2.12 bits per heavy atom. The molecule has 8 heavy (non-hydrogen) atoms. The number of rotatable bonds is 3. The van der Waals surface area contributed by atoms with Crippen molar-refractivity contribution in [3.63, 3.8) is 0 Å². The van der Waals surface area contributed by atoms with Gasteiger partial charge in [0.1, 0.15) is 0 Å². The van der Waals surface area contributed by atoms with Crippen LogP contribution >= 0.6 is 8.60 Å². The maximum absolute atomic E-state index is 8.32. The predicted octanol–water partition coefficient (Wildman–Crippen LogP) is -0.184. The Morgan fingerprint density at radius 3 is 2.25 bits per heavy atom. The zero-order chi connectivity index (χ0) is 5.70. The Morgan fingerprint density at radius 1 is 1.62 bits per heavy atom. The van der Waals surface area contributed by atoms with Gasteiger partial charge in [0.15, 0.2) is 6.79 Å². The minimum Gasteiger partial charge on any atom is -0.370 e. The second kappa shape index (κ2) is 7.96. The van der Waals surface area contributed by atoms with Crippen molar-refractivity contribution in [3.05, 3.63) is 0 Å². The molecule has 0 amide bonds. The van der Waals surface area contributed by atoms with E-state index in [1.165, 1.54) is 7.11 Å². The molecule has 0 aromatic heterocycles. The minimum atomic E-state index is -1.83. The summed E-state index contributed by atoms with van der Waals surface area (Å²) in [5.74, 6) is 0. The third-order valence-electron chi connectivity index (χ3n) is 0.324. The fraction of sp³-hybridized carbons (Fsp3) is 1.00. The SMILES string of the molecule is COP(O)OCO.[W]. The molecule has 50 valence electrons. The molecule has 0 aliphatic carbocycles. The number of hydrogen-bond donors (Lipinski definition) is 2. The van der Waals surface area contributed by atoms with Crippen molar-refractivity contribution in [1.29, 1.82) is 0 Å². The fourth-order valence-electron chi connectivity index (χ4n) is 0.102. The molecular formula is C2H7O4PW. The molecule has 1 unspecified atom stereocenters. The third-order valence-corrected chi connectivity index (χ3v) is 0.973. The summed E-state index contributed by atoms with van der Waals surface area (Å²) in [5.41, 5.74) is 0. The van der Waals surface area contributed by atoms with E-state index in [0.29, 0.717) is 0 Å². The molecule has 0 rings (SSSR count). The molecule has 0 saturated heterocycles. The Hall–Kier alpha value is 0.958. The Balaban J connectivity index is 0. The maximum atomic E-state index is 8.32. The standard InChI is InChI=1S/C2H7O4P.W/c1-5-7(4)6-2-3;/h3-4H,2H2,1H3;. The van der Waals surface area contributed by atoms with Crippen LogP contribution in [0.25, 0.3) is 0 Å². The van der Waals surface area contributed by atoms with Gasteiger partial charge in [-0.15, -0.1) is 0 Å². The average Bonchev–Trinajstić information content (AvgIpc) is 1.68. The van der Waals surface area contributed by atoms with Crippen molar-refractivity contribution in [1.82, 2.24) is 0 Å². The molecule has 0 heterocycles. The largest absolute Gasteiger partial charge is 0.370 e. The van der Waals surface area contributed by atoms with Crippen molar-refractivity contribution >= 4 is 8.60 Å². The van der Waals surface area contributed by atoms with Gasteiger partial charge in [-0.05, 0) is 0 Å². The zero-order valence-electron chi connectivity index (χ0n) is 4.27. The molecule has 0 aliphatic rings. The molecule has 4 nitrogen and oxygen atoms in total. The van der Waals surface area contributed by atoms with Crippen LogP contribution in [-0.4, -0.2) is 23.9 Å². The predicted molar refractivity (Wildman–Crippen MR) is 24.3 cm³/mol.